The number of hydrogen-bond acceptors (Lipinski definition) is 7. The van der Waals surface area contributed by atoms with Crippen molar-refractivity contribution in [2.75, 3.05) is 13.2 Å². The highest BCUT2D eigenvalue weighted by atomic mass is 16.6. The lowest BCUT2D eigenvalue weighted by molar-refractivity contribution is -0.385. The lowest BCUT2D eigenvalue weighted by Crippen LogP contribution is -2.18. The van der Waals surface area contributed by atoms with Crippen LogP contribution in [0.25, 0.3) is 11.1 Å². The summed E-state index contributed by atoms with van der Waals surface area (Å²) in [5, 5.41) is 10.9. The molecule has 0 N–H and O–H groups in total. The van der Waals surface area contributed by atoms with E-state index >= 15 is 0 Å². The van der Waals surface area contributed by atoms with Crippen molar-refractivity contribution in [2.45, 2.75) is 13.0 Å². The molecule has 0 bridgehead atoms. The number of fused-ring (bicyclic) bond motifs is 1. The molecule has 2 aromatic carbocycles. The molecule has 1 heterocycles. The number of aryl methyl sites for hydroxylation is 1. The van der Waals surface area contributed by atoms with Crippen molar-refractivity contribution in [1.82, 2.24) is 4.57 Å². The second kappa shape index (κ2) is 8.17. The van der Waals surface area contributed by atoms with Crippen LogP contribution in [-0.2, 0) is 16.1 Å². The summed E-state index contributed by atoms with van der Waals surface area (Å²) in [6.45, 7) is -0.0430. The quantitative estimate of drug-likeness (QED) is 0.258. The average molecular weight is 372 g/mol. The van der Waals surface area contributed by atoms with Crippen molar-refractivity contribution >= 4 is 22.8 Å². The smallest absolute Gasteiger partial charge is 0.419 e. The normalized spacial score (nSPS) is 10.7. The van der Waals surface area contributed by atoms with Gasteiger partial charge in [-0.05, 0) is 24.6 Å². The maximum atomic E-state index is 11.8. The van der Waals surface area contributed by atoms with Crippen LogP contribution in [-0.4, -0.2) is 28.7 Å². The summed E-state index contributed by atoms with van der Waals surface area (Å²) in [5.41, 5.74) is 0.947. The monoisotopic (exact) mass is 372 g/mol. The molecule has 3 rings (SSSR count). The van der Waals surface area contributed by atoms with Crippen molar-refractivity contribution in [3.05, 3.63) is 69.2 Å². The zero-order chi connectivity index (χ0) is 19.2. The van der Waals surface area contributed by atoms with Crippen LogP contribution in [0.5, 0.6) is 5.75 Å². The van der Waals surface area contributed by atoms with Crippen LogP contribution in [0.15, 0.2) is 57.7 Å². The lowest BCUT2D eigenvalue weighted by atomic mass is 10.3. The molecule has 0 atom stereocenters. The molecule has 27 heavy (non-hydrogen) atoms. The minimum Gasteiger partial charge on any atom is -0.475 e. The first kappa shape index (κ1) is 18.2. The number of carbonyl (C=O) groups is 1. The molecule has 0 spiro atoms. The Morgan fingerprint density at radius 3 is 2.70 bits per heavy atom. The molecule has 0 saturated heterocycles. The van der Waals surface area contributed by atoms with Gasteiger partial charge in [-0.15, -0.1) is 0 Å². The zero-order valence-corrected chi connectivity index (χ0v) is 14.2. The molecule has 0 radical (unpaired) electrons. The number of esters is 1. The number of nitro groups is 1. The first-order chi connectivity index (χ1) is 13.1. The van der Waals surface area contributed by atoms with Gasteiger partial charge >= 0.3 is 17.4 Å². The van der Waals surface area contributed by atoms with Crippen molar-refractivity contribution in [2.24, 2.45) is 0 Å². The van der Waals surface area contributed by atoms with Gasteiger partial charge in [-0.25, -0.2) is 9.59 Å². The second-order valence-electron chi connectivity index (χ2n) is 5.57. The van der Waals surface area contributed by atoms with E-state index in [2.05, 4.69) is 0 Å². The van der Waals surface area contributed by atoms with Crippen LogP contribution in [0.4, 0.5) is 5.69 Å². The molecule has 0 saturated carbocycles. The Kier molecular flexibility index (Phi) is 5.50. The van der Waals surface area contributed by atoms with Crippen LogP contribution >= 0.6 is 0 Å². The molecule has 140 valence electrons. The Morgan fingerprint density at radius 2 is 1.89 bits per heavy atom. The number of nitrogens with zero attached hydrogens (tertiary/aromatic N) is 2. The number of benzene rings is 2. The average Bonchev–Trinajstić information content (AvgIpc) is 2.99. The summed E-state index contributed by atoms with van der Waals surface area (Å²) in [5.74, 6) is -1.13. The van der Waals surface area contributed by atoms with Crippen LogP contribution < -0.4 is 10.5 Å². The van der Waals surface area contributed by atoms with Gasteiger partial charge in [-0.2, -0.15) is 0 Å². The van der Waals surface area contributed by atoms with Crippen molar-refractivity contribution in [3.8, 4) is 5.75 Å². The number of aromatic nitrogens is 1. The van der Waals surface area contributed by atoms with Gasteiger partial charge in [0.1, 0.15) is 0 Å². The van der Waals surface area contributed by atoms with E-state index in [4.69, 9.17) is 13.9 Å². The predicted molar refractivity (Wildman–Crippen MR) is 94.6 cm³/mol. The number of carbonyl (C=O) groups excluding carboxylic acids is 1. The molecule has 0 aliphatic rings. The number of para-hydroxylation sites is 4. The van der Waals surface area contributed by atoms with E-state index in [0.29, 0.717) is 24.1 Å². The molecule has 9 nitrogen and oxygen atoms in total. The van der Waals surface area contributed by atoms with E-state index in [-0.39, 0.29) is 18.0 Å². The number of ether oxygens (including phenoxy) is 2. The molecular formula is C18H16N2O7. The molecule has 0 aliphatic carbocycles. The molecule has 0 unspecified atom stereocenters. The molecule has 9 heteroatoms. The number of oxazole rings is 1. The molecular weight excluding hydrogens is 356 g/mol. The van der Waals surface area contributed by atoms with E-state index in [1.807, 2.05) is 0 Å². The van der Waals surface area contributed by atoms with Gasteiger partial charge < -0.3 is 13.9 Å². The van der Waals surface area contributed by atoms with Crippen LogP contribution in [0.2, 0.25) is 0 Å². The Hall–Kier alpha value is -3.62. The Balaban J connectivity index is 1.47. The predicted octanol–water partition coefficient (Wildman–Crippen LogP) is 2.52. The zero-order valence-electron chi connectivity index (χ0n) is 14.2. The third kappa shape index (κ3) is 4.32. The fourth-order valence-electron chi connectivity index (χ4n) is 2.54. The Bertz CT molecular complexity index is 1020. The van der Waals surface area contributed by atoms with E-state index in [1.54, 1.807) is 30.3 Å². The van der Waals surface area contributed by atoms with Crippen molar-refractivity contribution in [1.29, 1.82) is 0 Å². The van der Waals surface area contributed by atoms with Gasteiger partial charge in [-0.3, -0.25) is 14.7 Å². The highest BCUT2D eigenvalue weighted by Crippen LogP contribution is 2.25. The highest BCUT2D eigenvalue weighted by Gasteiger charge is 2.15. The standard InChI is InChI=1S/C18H16N2O7/c21-17(12-26-15-8-3-2-7-14(15)20(23)24)25-11-5-10-19-13-6-1-4-9-16(13)27-18(19)22/h1-4,6-9H,5,10-12H2. The Morgan fingerprint density at radius 1 is 1.15 bits per heavy atom. The van der Waals surface area contributed by atoms with Gasteiger partial charge in [0, 0.05) is 12.6 Å². The second-order valence-corrected chi connectivity index (χ2v) is 5.57. The molecule has 1 aromatic heterocycles. The molecule has 0 amide bonds. The number of nitro benzene ring substituents is 1. The topological polar surface area (TPSA) is 114 Å². The maximum absolute atomic E-state index is 11.8. The maximum Gasteiger partial charge on any atom is 0.419 e. The summed E-state index contributed by atoms with van der Waals surface area (Å²) in [4.78, 5) is 33.9. The van der Waals surface area contributed by atoms with Gasteiger partial charge in [0.05, 0.1) is 17.0 Å². The summed E-state index contributed by atoms with van der Waals surface area (Å²) in [7, 11) is 0. The third-order valence-corrected chi connectivity index (χ3v) is 3.77. The number of rotatable bonds is 8. The SMILES string of the molecule is O=C(COc1ccccc1[N+](=O)[O-])OCCCn1c(=O)oc2ccccc21. The summed E-state index contributed by atoms with van der Waals surface area (Å²) in [6, 6.07) is 12.8. The van der Waals surface area contributed by atoms with Gasteiger partial charge in [0.15, 0.2) is 17.9 Å². The molecule has 0 aliphatic heterocycles. The van der Waals surface area contributed by atoms with E-state index in [0.717, 1.165) is 0 Å². The van der Waals surface area contributed by atoms with Crippen LogP contribution in [0, 0.1) is 10.1 Å². The summed E-state index contributed by atoms with van der Waals surface area (Å²) < 4.78 is 16.8. The van der Waals surface area contributed by atoms with Crippen molar-refractivity contribution in [3.63, 3.8) is 0 Å². The summed E-state index contributed by atoms with van der Waals surface area (Å²) >= 11 is 0. The lowest BCUT2D eigenvalue weighted by Gasteiger charge is -2.07. The number of hydrogen-bond donors (Lipinski definition) is 0. The molecule has 3 aromatic rings. The first-order valence-electron chi connectivity index (χ1n) is 8.16. The minimum absolute atomic E-state index is 0.00382. The van der Waals surface area contributed by atoms with E-state index in [9.17, 15) is 19.7 Å². The fraction of sp³-hybridized carbons (Fsp3) is 0.222. The highest BCUT2D eigenvalue weighted by molar-refractivity contribution is 5.72. The van der Waals surface area contributed by atoms with Crippen LogP contribution in [0.3, 0.4) is 0 Å². The molecule has 0 fully saturated rings. The fourth-order valence-corrected chi connectivity index (χ4v) is 2.54. The minimum atomic E-state index is -0.655. The van der Waals surface area contributed by atoms with Gasteiger partial charge in [-0.1, -0.05) is 24.3 Å². The van der Waals surface area contributed by atoms with Gasteiger partial charge in [0.25, 0.3) is 0 Å². The first-order valence-corrected chi connectivity index (χ1v) is 8.16. The van der Waals surface area contributed by atoms with Crippen LogP contribution in [0.1, 0.15) is 6.42 Å². The van der Waals surface area contributed by atoms with Gasteiger partial charge in [0.2, 0.25) is 0 Å². The Labute approximate surface area is 152 Å². The summed E-state index contributed by atoms with van der Waals surface area (Å²) in [6.07, 6.45) is 0.403. The van der Waals surface area contributed by atoms with E-state index in [1.165, 1.54) is 22.8 Å². The third-order valence-electron chi connectivity index (χ3n) is 3.77. The van der Waals surface area contributed by atoms with Crippen molar-refractivity contribution < 1.29 is 23.6 Å². The largest absolute Gasteiger partial charge is 0.475 e. The van der Waals surface area contributed by atoms with E-state index < -0.39 is 23.3 Å².